The minimum Gasteiger partial charge on any atom is -0.444 e. The summed E-state index contributed by atoms with van der Waals surface area (Å²) in [6.07, 6.45) is 9.98. The highest BCUT2D eigenvalue weighted by atomic mass is 16.6. The molecule has 1 aliphatic rings. The monoisotopic (exact) mass is 322 g/mol. The van der Waals surface area contributed by atoms with Gasteiger partial charge >= 0.3 is 6.09 Å². The van der Waals surface area contributed by atoms with Crippen molar-refractivity contribution in [2.45, 2.75) is 64.6 Å². The third-order valence-electron chi connectivity index (χ3n) is 4.13. The Bertz CT molecular complexity index is 467. The van der Waals surface area contributed by atoms with Gasteiger partial charge in [-0.3, -0.25) is 0 Å². The Kier molecular flexibility index (Phi) is 6.45. The molecule has 1 amide bonds. The van der Waals surface area contributed by atoms with Gasteiger partial charge in [-0.25, -0.2) is 9.78 Å². The zero-order valence-electron chi connectivity index (χ0n) is 14.5. The second-order valence-corrected chi connectivity index (χ2v) is 7.29. The van der Waals surface area contributed by atoms with Crippen molar-refractivity contribution in [3.63, 3.8) is 0 Å². The number of alkyl carbamates (subject to hydrolysis) is 1. The Labute approximate surface area is 139 Å². The number of aromatic nitrogens is 2. The summed E-state index contributed by atoms with van der Waals surface area (Å²) < 4.78 is 7.39. The number of nitrogens with zero attached hydrogens (tertiary/aromatic N) is 2. The van der Waals surface area contributed by atoms with E-state index in [1.165, 1.54) is 12.8 Å². The van der Waals surface area contributed by atoms with Crippen LogP contribution >= 0.6 is 0 Å². The van der Waals surface area contributed by atoms with Crippen molar-refractivity contribution in [3.05, 3.63) is 18.7 Å². The van der Waals surface area contributed by atoms with Crippen molar-refractivity contribution in [2.24, 2.45) is 5.92 Å². The fraction of sp³-hybridized carbons (Fsp3) is 0.765. The van der Waals surface area contributed by atoms with Gasteiger partial charge in [-0.2, -0.15) is 0 Å². The number of nitrogens with one attached hydrogen (secondary N) is 2. The lowest BCUT2D eigenvalue weighted by Gasteiger charge is -2.23. The van der Waals surface area contributed by atoms with E-state index in [1.54, 1.807) is 0 Å². The fourth-order valence-corrected chi connectivity index (χ4v) is 3.05. The first-order valence-corrected chi connectivity index (χ1v) is 8.60. The Balaban J connectivity index is 1.63. The topological polar surface area (TPSA) is 68.2 Å². The first-order valence-electron chi connectivity index (χ1n) is 8.60. The summed E-state index contributed by atoms with van der Waals surface area (Å²) in [6.45, 7) is 8.31. The summed E-state index contributed by atoms with van der Waals surface area (Å²) in [5, 5.41) is 6.55. The van der Waals surface area contributed by atoms with E-state index in [0.29, 0.717) is 18.5 Å². The molecule has 1 aliphatic carbocycles. The average molecular weight is 322 g/mol. The van der Waals surface area contributed by atoms with Crippen molar-refractivity contribution < 1.29 is 9.53 Å². The molecule has 0 radical (unpaired) electrons. The third kappa shape index (κ3) is 6.60. The number of imidazole rings is 1. The molecule has 6 nitrogen and oxygen atoms in total. The first-order chi connectivity index (χ1) is 10.9. The molecule has 23 heavy (non-hydrogen) atoms. The molecule has 2 rings (SSSR count). The van der Waals surface area contributed by atoms with Gasteiger partial charge < -0.3 is 19.9 Å². The van der Waals surface area contributed by atoms with Crippen molar-refractivity contribution in [1.29, 1.82) is 0 Å². The van der Waals surface area contributed by atoms with E-state index in [1.807, 2.05) is 39.5 Å². The van der Waals surface area contributed by atoms with E-state index < -0.39 is 5.60 Å². The maximum absolute atomic E-state index is 11.8. The molecule has 1 aromatic heterocycles. The van der Waals surface area contributed by atoms with Crippen LogP contribution in [0.1, 0.15) is 46.5 Å². The SMILES string of the molecule is CC(C)(C)OC(=O)NCC1CCCC1NCCCn1ccnc1. The molecule has 1 fully saturated rings. The molecule has 0 bridgehead atoms. The maximum Gasteiger partial charge on any atom is 0.407 e. The first kappa shape index (κ1) is 17.8. The maximum atomic E-state index is 11.8. The molecule has 130 valence electrons. The molecular formula is C17H30N4O2. The van der Waals surface area contributed by atoms with Gasteiger partial charge in [0, 0.05) is 31.5 Å². The van der Waals surface area contributed by atoms with Gasteiger partial charge in [0.25, 0.3) is 0 Å². The van der Waals surface area contributed by atoms with Crippen molar-refractivity contribution in [3.8, 4) is 0 Å². The van der Waals surface area contributed by atoms with Crippen molar-refractivity contribution >= 4 is 6.09 Å². The lowest BCUT2D eigenvalue weighted by molar-refractivity contribution is 0.0517. The number of hydrogen-bond donors (Lipinski definition) is 2. The van der Waals surface area contributed by atoms with Gasteiger partial charge in [-0.15, -0.1) is 0 Å². The Hall–Kier alpha value is -1.56. The van der Waals surface area contributed by atoms with Crippen LogP contribution in [0, 0.1) is 5.92 Å². The van der Waals surface area contributed by atoms with Gasteiger partial charge in [0.15, 0.2) is 0 Å². The summed E-state index contributed by atoms with van der Waals surface area (Å²) in [4.78, 5) is 15.8. The van der Waals surface area contributed by atoms with Crippen LogP contribution in [0.3, 0.4) is 0 Å². The smallest absolute Gasteiger partial charge is 0.407 e. The van der Waals surface area contributed by atoms with Gasteiger partial charge in [0.2, 0.25) is 0 Å². The van der Waals surface area contributed by atoms with Gasteiger partial charge in [0.05, 0.1) is 6.33 Å². The molecule has 2 atom stereocenters. The van der Waals surface area contributed by atoms with E-state index in [4.69, 9.17) is 4.74 Å². The Morgan fingerprint density at radius 3 is 2.91 bits per heavy atom. The van der Waals surface area contributed by atoms with Crippen LogP contribution in [0.25, 0.3) is 0 Å². The zero-order chi connectivity index (χ0) is 16.7. The molecule has 0 aromatic carbocycles. The standard InChI is InChI=1S/C17H30N4O2/c1-17(2,3)23-16(22)20-12-14-6-4-7-15(14)19-8-5-10-21-11-9-18-13-21/h9,11,13-15,19H,4-8,10,12H2,1-3H3,(H,20,22). The molecule has 6 heteroatoms. The summed E-state index contributed by atoms with van der Waals surface area (Å²) in [6, 6.07) is 0.493. The number of carbonyl (C=O) groups excluding carboxylic acids is 1. The second-order valence-electron chi connectivity index (χ2n) is 7.29. The largest absolute Gasteiger partial charge is 0.444 e. The molecule has 0 spiro atoms. The molecule has 2 N–H and O–H groups in total. The Morgan fingerprint density at radius 2 is 2.22 bits per heavy atom. The number of hydrogen-bond acceptors (Lipinski definition) is 4. The van der Waals surface area contributed by atoms with E-state index in [-0.39, 0.29) is 6.09 Å². The number of carbonyl (C=O) groups is 1. The molecule has 0 saturated heterocycles. The number of ether oxygens (including phenoxy) is 1. The van der Waals surface area contributed by atoms with Gasteiger partial charge in [-0.05, 0) is 52.5 Å². The van der Waals surface area contributed by atoms with E-state index >= 15 is 0 Å². The summed E-state index contributed by atoms with van der Waals surface area (Å²) >= 11 is 0. The zero-order valence-corrected chi connectivity index (χ0v) is 14.5. The molecule has 1 aromatic rings. The van der Waals surface area contributed by atoms with Crippen LogP contribution in [0.4, 0.5) is 4.79 Å². The van der Waals surface area contributed by atoms with Crippen LogP contribution in [0.15, 0.2) is 18.7 Å². The minimum absolute atomic E-state index is 0.316. The third-order valence-corrected chi connectivity index (χ3v) is 4.13. The molecule has 1 saturated carbocycles. The van der Waals surface area contributed by atoms with Gasteiger partial charge in [0.1, 0.15) is 5.60 Å². The molecule has 2 unspecified atom stereocenters. The van der Waals surface area contributed by atoms with E-state index in [2.05, 4.69) is 20.2 Å². The lowest BCUT2D eigenvalue weighted by atomic mass is 10.0. The lowest BCUT2D eigenvalue weighted by Crippen LogP contribution is -2.41. The van der Waals surface area contributed by atoms with E-state index in [0.717, 1.165) is 25.9 Å². The predicted octanol–water partition coefficient (Wildman–Crippen LogP) is 2.56. The highest BCUT2D eigenvalue weighted by Crippen LogP contribution is 2.25. The van der Waals surface area contributed by atoms with Crippen LogP contribution in [-0.4, -0.2) is 40.4 Å². The quantitative estimate of drug-likeness (QED) is 0.757. The van der Waals surface area contributed by atoms with Crippen LogP contribution < -0.4 is 10.6 Å². The van der Waals surface area contributed by atoms with Crippen LogP contribution in [0.5, 0.6) is 0 Å². The summed E-state index contributed by atoms with van der Waals surface area (Å²) in [5.74, 6) is 0.496. The number of rotatable bonds is 7. The summed E-state index contributed by atoms with van der Waals surface area (Å²) in [7, 11) is 0. The number of aryl methyl sites for hydroxylation is 1. The minimum atomic E-state index is -0.440. The normalized spacial score (nSPS) is 21.3. The van der Waals surface area contributed by atoms with E-state index in [9.17, 15) is 4.79 Å². The molecular weight excluding hydrogens is 292 g/mol. The summed E-state index contributed by atoms with van der Waals surface area (Å²) in [5.41, 5.74) is -0.440. The van der Waals surface area contributed by atoms with Crippen LogP contribution in [0.2, 0.25) is 0 Å². The van der Waals surface area contributed by atoms with Gasteiger partial charge in [-0.1, -0.05) is 6.42 Å². The highest BCUT2D eigenvalue weighted by molar-refractivity contribution is 5.67. The number of amides is 1. The predicted molar refractivity (Wildman–Crippen MR) is 90.2 cm³/mol. The second kappa shape index (κ2) is 8.34. The Morgan fingerprint density at radius 1 is 1.39 bits per heavy atom. The highest BCUT2D eigenvalue weighted by Gasteiger charge is 2.27. The average Bonchev–Trinajstić information content (AvgIpc) is 3.11. The molecule has 1 heterocycles. The van der Waals surface area contributed by atoms with Crippen molar-refractivity contribution in [1.82, 2.24) is 20.2 Å². The fourth-order valence-electron chi connectivity index (χ4n) is 3.05. The van der Waals surface area contributed by atoms with Crippen molar-refractivity contribution in [2.75, 3.05) is 13.1 Å². The van der Waals surface area contributed by atoms with Crippen LogP contribution in [-0.2, 0) is 11.3 Å². The molecule has 0 aliphatic heterocycles.